The molecule has 0 aromatic heterocycles. The number of rotatable bonds is 1. The molecule has 0 aliphatic rings. The van der Waals surface area contributed by atoms with Crippen molar-refractivity contribution in [3.8, 4) is 0 Å². The van der Waals surface area contributed by atoms with Gasteiger partial charge in [-0.1, -0.05) is 23.7 Å². The zero-order valence-corrected chi connectivity index (χ0v) is 8.31. The summed E-state index contributed by atoms with van der Waals surface area (Å²) < 4.78 is 0. The van der Waals surface area contributed by atoms with Crippen LogP contribution < -0.4 is 0 Å². The van der Waals surface area contributed by atoms with Gasteiger partial charge in [-0.3, -0.25) is 0 Å². The van der Waals surface area contributed by atoms with E-state index >= 15 is 0 Å². The molecule has 0 aliphatic carbocycles. The summed E-state index contributed by atoms with van der Waals surface area (Å²) >= 11 is 5.69. The Balaban J connectivity index is 3.17. The van der Waals surface area contributed by atoms with Gasteiger partial charge in [0.1, 0.15) is 5.17 Å². The van der Waals surface area contributed by atoms with E-state index in [1.54, 1.807) is 6.92 Å². The van der Waals surface area contributed by atoms with Crippen molar-refractivity contribution in [2.24, 2.45) is 4.99 Å². The average molecular weight is 182 g/mol. The molecule has 0 N–H and O–H groups in total. The first-order valence-electron chi connectivity index (χ1n) is 3.88. The van der Waals surface area contributed by atoms with Gasteiger partial charge in [-0.25, -0.2) is 4.99 Å². The molecule has 0 unspecified atom stereocenters. The standard InChI is InChI=1S/C10H12ClN/c1-7-5-4-6-10(8(7)2)12-9(3)11/h4-6H,1-3H3. The SMILES string of the molecule is CC(Cl)=Nc1cccc(C)c1C. The number of aliphatic imine (C=N–C) groups is 1. The van der Waals surface area contributed by atoms with Gasteiger partial charge in [0.2, 0.25) is 0 Å². The highest BCUT2D eigenvalue weighted by atomic mass is 35.5. The molecule has 1 aromatic carbocycles. The first-order valence-corrected chi connectivity index (χ1v) is 4.26. The summed E-state index contributed by atoms with van der Waals surface area (Å²) in [4.78, 5) is 4.20. The lowest BCUT2D eigenvalue weighted by Crippen LogP contribution is -1.82. The van der Waals surface area contributed by atoms with Crippen LogP contribution in [-0.4, -0.2) is 5.17 Å². The molecule has 0 aliphatic heterocycles. The van der Waals surface area contributed by atoms with Crippen LogP contribution in [0.2, 0.25) is 0 Å². The summed E-state index contributed by atoms with van der Waals surface area (Å²) in [6, 6.07) is 6.02. The second kappa shape index (κ2) is 3.72. The predicted molar refractivity (Wildman–Crippen MR) is 54.5 cm³/mol. The summed E-state index contributed by atoms with van der Waals surface area (Å²) in [6.45, 7) is 5.90. The van der Waals surface area contributed by atoms with Crippen molar-refractivity contribution >= 4 is 22.5 Å². The number of hydrogen-bond acceptors (Lipinski definition) is 1. The van der Waals surface area contributed by atoms with Crippen LogP contribution in [0.5, 0.6) is 0 Å². The fourth-order valence-electron chi connectivity index (χ4n) is 1.02. The molecule has 0 fully saturated rings. The molecule has 64 valence electrons. The number of nitrogens with zero attached hydrogens (tertiary/aromatic N) is 1. The Hall–Kier alpha value is -0.820. The molecular formula is C10H12ClN. The van der Waals surface area contributed by atoms with Gasteiger partial charge in [-0.2, -0.15) is 0 Å². The van der Waals surface area contributed by atoms with Crippen LogP contribution in [0.25, 0.3) is 0 Å². The van der Waals surface area contributed by atoms with Gasteiger partial charge >= 0.3 is 0 Å². The van der Waals surface area contributed by atoms with Crippen molar-refractivity contribution in [3.63, 3.8) is 0 Å². The van der Waals surface area contributed by atoms with Gasteiger partial charge in [0.05, 0.1) is 5.69 Å². The van der Waals surface area contributed by atoms with E-state index in [0.717, 1.165) is 5.69 Å². The first kappa shape index (κ1) is 9.27. The average Bonchev–Trinajstić information content (AvgIpc) is 1.98. The monoisotopic (exact) mass is 181 g/mol. The van der Waals surface area contributed by atoms with E-state index in [1.165, 1.54) is 11.1 Å². The van der Waals surface area contributed by atoms with Gasteiger partial charge in [-0.15, -0.1) is 0 Å². The maximum absolute atomic E-state index is 5.69. The molecular weight excluding hydrogens is 170 g/mol. The van der Waals surface area contributed by atoms with E-state index in [-0.39, 0.29) is 0 Å². The Morgan fingerprint density at radius 1 is 1.33 bits per heavy atom. The van der Waals surface area contributed by atoms with E-state index < -0.39 is 0 Å². The normalized spacial score (nSPS) is 11.8. The molecule has 12 heavy (non-hydrogen) atoms. The van der Waals surface area contributed by atoms with Crippen molar-refractivity contribution in [1.29, 1.82) is 0 Å². The van der Waals surface area contributed by atoms with Crippen LogP contribution in [0, 0.1) is 13.8 Å². The van der Waals surface area contributed by atoms with Crippen LogP contribution >= 0.6 is 11.6 Å². The second-order valence-corrected chi connectivity index (χ2v) is 3.37. The van der Waals surface area contributed by atoms with Gasteiger partial charge in [0.15, 0.2) is 0 Å². The van der Waals surface area contributed by atoms with Crippen LogP contribution in [0.1, 0.15) is 18.1 Å². The molecule has 0 radical (unpaired) electrons. The third-order valence-corrected chi connectivity index (χ3v) is 1.94. The lowest BCUT2D eigenvalue weighted by molar-refractivity contribution is 1.31. The molecule has 0 saturated heterocycles. The van der Waals surface area contributed by atoms with Crippen LogP contribution in [0.4, 0.5) is 5.69 Å². The van der Waals surface area contributed by atoms with Gasteiger partial charge in [0.25, 0.3) is 0 Å². The smallest absolute Gasteiger partial charge is 0.103 e. The zero-order valence-electron chi connectivity index (χ0n) is 7.56. The summed E-state index contributed by atoms with van der Waals surface area (Å²) in [5, 5.41) is 0.573. The molecule has 0 atom stereocenters. The van der Waals surface area contributed by atoms with E-state index in [2.05, 4.69) is 18.0 Å². The van der Waals surface area contributed by atoms with Crippen molar-refractivity contribution in [2.75, 3.05) is 0 Å². The Bertz CT molecular complexity index is 312. The zero-order chi connectivity index (χ0) is 9.14. The summed E-state index contributed by atoms with van der Waals surface area (Å²) in [5.74, 6) is 0. The van der Waals surface area contributed by atoms with Crippen molar-refractivity contribution < 1.29 is 0 Å². The number of benzene rings is 1. The predicted octanol–water partition coefficient (Wildman–Crippen LogP) is 3.59. The van der Waals surface area contributed by atoms with Crippen molar-refractivity contribution in [3.05, 3.63) is 29.3 Å². The minimum absolute atomic E-state index is 0.573. The summed E-state index contributed by atoms with van der Waals surface area (Å²) in [6.07, 6.45) is 0. The van der Waals surface area contributed by atoms with E-state index in [9.17, 15) is 0 Å². The highest BCUT2D eigenvalue weighted by Crippen LogP contribution is 2.21. The highest BCUT2D eigenvalue weighted by molar-refractivity contribution is 6.65. The van der Waals surface area contributed by atoms with Gasteiger partial charge < -0.3 is 0 Å². The quantitative estimate of drug-likeness (QED) is 0.588. The lowest BCUT2D eigenvalue weighted by atomic mass is 10.1. The molecule has 0 bridgehead atoms. The fourth-order valence-corrected chi connectivity index (χ4v) is 1.11. The number of halogens is 1. The van der Waals surface area contributed by atoms with Crippen molar-refractivity contribution in [2.45, 2.75) is 20.8 Å². The highest BCUT2D eigenvalue weighted by Gasteiger charge is 1.97. The molecule has 1 nitrogen and oxygen atoms in total. The van der Waals surface area contributed by atoms with E-state index in [4.69, 9.17) is 11.6 Å². The van der Waals surface area contributed by atoms with Gasteiger partial charge in [-0.05, 0) is 38.0 Å². The summed E-state index contributed by atoms with van der Waals surface area (Å²) in [7, 11) is 0. The fraction of sp³-hybridized carbons (Fsp3) is 0.300. The molecule has 1 aromatic rings. The maximum atomic E-state index is 5.69. The van der Waals surface area contributed by atoms with Crippen LogP contribution in [0.3, 0.4) is 0 Å². The van der Waals surface area contributed by atoms with E-state index in [1.807, 2.05) is 19.1 Å². The van der Waals surface area contributed by atoms with Crippen molar-refractivity contribution in [1.82, 2.24) is 0 Å². The maximum Gasteiger partial charge on any atom is 0.103 e. The minimum Gasteiger partial charge on any atom is -0.241 e. The lowest BCUT2D eigenvalue weighted by Gasteiger charge is -2.02. The minimum atomic E-state index is 0.573. The number of aryl methyl sites for hydroxylation is 1. The third kappa shape index (κ3) is 2.08. The molecule has 0 spiro atoms. The molecule has 0 heterocycles. The second-order valence-electron chi connectivity index (χ2n) is 2.83. The Morgan fingerprint density at radius 3 is 2.58 bits per heavy atom. The van der Waals surface area contributed by atoms with Crippen LogP contribution in [0.15, 0.2) is 23.2 Å². The topological polar surface area (TPSA) is 12.4 Å². The molecule has 0 saturated carbocycles. The third-order valence-electron chi connectivity index (χ3n) is 1.85. The van der Waals surface area contributed by atoms with Gasteiger partial charge in [0, 0.05) is 0 Å². The summed E-state index contributed by atoms with van der Waals surface area (Å²) in [5.41, 5.74) is 3.40. The Kier molecular flexibility index (Phi) is 2.88. The number of hydrogen-bond donors (Lipinski definition) is 0. The first-order chi connectivity index (χ1) is 5.61. The molecule has 1 rings (SSSR count). The Labute approximate surface area is 78.1 Å². The largest absolute Gasteiger partial charge is 0.241 e. The van der Waals surface area contributed by atoms with Crippen LogP contribution in [-0.2, 0) is 0 Å². The van der Waals surface area contributed by atoms with E-state index in [0.29, 0.717) is 5.17 Å². The molecule has 0 amide bonds. The Morgan fingerprint density at radius 2 is 2.00 bits per heavy atom. The molecule has 2 heteroatoms.